The lowest BCUT2D eigenvalue weighted by atomic mass is 10.2. The van der Waals surface area contributed by atoms with Crippen LogP contribution in [0.5, 0.6) is 0 Å². The molecule has 0 saturated heterocycles. The molecule has 5 nitrogen and oxygen atoms in total. The second-order valence-corrected chi connectivity index (χ2v) is 6.72. The summed E-state index contributed by atoms with van der Waals surface area (Å²) in [5.74, 6) is 0. The van der Waals surface area contributed by atoms with Gasteiger partial charge in [0.05, 0.1) is 17.1 Å². The van der Waals surface area contributed by atoms with Gasteiger partial charge in [-0.15, -0.1) is 0 Å². The van der Waals surface area contributed by atoms with E-state index >= 15 is 0 Å². The van der Waals surface area contributed by atoms with Gasteiger partial charge in [-0.05, 0) is 19.3 Å². The SMILES string of the molecule is Cn1cc(NC2CCCC2S(C)(=O)=O)cn1. The number of sulfone groups is 1. The van der Waals surface area contributed by atoms with Crippen LogP contribution >= 0.6 is 0 Å². The normalized spacial score (nSPS) is 25.9. The summed E-state index contributed by atoms with van der Waals surface area (Å²) in [6.45, 7) is 0. The van der Waals surface area contributed by atoms with Gasteiger partial charge < -0.3 is 5.32 Å². The first-order valence-electron chi connectivity index (χ1n) is 5.41. The Hall–Kier alpha value is -1.04. The van der Waals surface area contributed by atoms with Gasteiger partial charge in [-0.1, -0.05) is 0 Å². The Morgan fingerprint density at radius 1 is 1.50 bits per heavy atom. The Balaban J connectivity index is 2.10. The second-order valence-electron chi connectivity index (χ2n) is 4.45. The number of hydrogen-bond donors (Lipinski definition) is 1. The third-order valence-corrected chi connectivity index (χ3v) is 4.72. The number of anilines is 1. The Kier molecular flexibility index (Phi) is 2.92. The zero-order chi connectivity index (χ0) is 11.8. The lowest BCUT2D eigenvalue weighted by Crippen LogP contribution is -2.34. The number of aromatic nitrogens is 2. The number of nitrogens with one attached hydrogen (secondary N) is 1. The van der Waals surface area contributed by atoms with Gasteiger partial charge in [0.2, 0.25) is 0 Å². The van der Waals surface area contributed by atoms with Crippen molar-refractivity contribution in [3.63, 3.8) is 0 Å². The van der Waals surface area contributed by atoms with Crippen LogP contribution in [-0.4, -0.2) is 35.7 Å². The summed E-state index contributed by atoms with van der Waals surface area (Å²) >= 11 is 0. The van der Waals surface area contributed by atoms with Gasteiger partial charge in [0.1, 0.15) is 0 Å². The quantitative estimate of drug-likeness (QED) is 0.853. The molecular weight excluding hydrogens is 226 g/mol. The fourth-order valence-corrected chi connectivity index (χ4v) is 3.71. The van der Waals surface area contributed by atoms with Gasteiger partial charge in [-0.2, -0.15) is 5.10 Å². The molecule has 1 aliphatic carbocycles. The van der Waals surface area contributed by atoms with E-state index < -0.39 is 9.84 Å². The average molecular weight is 243 g/mol. The summed E-state index contributed by atoms with van der Waals surface area (Å²) < 4.78 is 24.9. The maximum Gasteiger partial charge on any atom is 0.152 e. The number of nitrogens with zero attached hydrogens (tertiary/aromatic N) is 2. The third-order valence-electron chi connectivity index (χ3n) is 3.06. The predicted molar refractivity (Wildman–Crippen MR) is 63.1 cm³/mol. The highest BCUT2D eigenvalue weighted by Crippen LogP contribution is 2.27. The van der Waals surface area contributed by atoms with E-state index in [1.54, 1.807) is 10.9 Å². The Labute approximate surface area is 95.8 Å². The van der Waals surface area contributed by atoms with E-state index in [1.165, 1.54) is 6.26 Å². The van der Waals surface area contributed by atoms with Gasteiger partial charge in [0, 0.05) is 25.5 Å². The Morgan fingerprint density at radius 3 is 2.81 bits per heavy atom. The van der Waals surface area contributed by atoms with Gasteiger partial charge in [0.25, 0.3) is 0 Å². The molecule has 16 heavy (non-hydrogen) atoms. The van der Waals surface area contributed by atoms with Crippen LogP contribution in [0.15, 0.2) is 12.4 Å². The van der Waals surface area contributed by atoms with Crippen molar-refractivity contribution in [2.24, 2.45) is 7.05 Å². The molecule has 0 bridgehead atoms. The first-order valence-corrected chi connectivity index (χ1v) is 7.36. The van der Waals surface area contributed by atoms with Crippen LogP contribution in [-0.2, 0) is 16.9 Å². The number of hydrogen-bond acceptors (Lipinski definition) is 4. The second kappa shape index (κ2) is 4.08. The molecule has 1 N–H and O–H groups in total. The van der Waals surface area contributed by atoms with E-state index in [0.29, 0.717) is 0 Å². The van der Waals surface area contributed by atoms with Crippen molar-refractivity contribution in [3.8, 4) is 0 Å². The lowest BCUT2D eigenvalue weighted by molar-refractivity contribution is 0.579. The maximum atomic E-state index is 11.6. The molecule has 1 aliphatic rings. The van der Waals surface area contributed by atoms with Crippen molar-refractivity contribution in [3.05, 3.63) is 12.4 Å². The molecule has 6 heteroatoms. The highest BCUT2D eigenvalue weighted by atomic mass is 32.2. The van der Waals surface area contributed by atoms with Crippen molar-refractivity contribution in [2.75, 3.05) is 11.6 Å². The van der Waals surface area contributed by atoms with Crippen molar-refractivity contribution >= 4 is 15.5 Å². The maximum absolute atomic E-state index is 11.6. The minimum atomic E-state index is -2.95. The van der Waals surface area contributed by atoms with Gasteiger partial charge in [-0.25, -0.2) is 8.42 Å². The molecule has 0 aliphatic heterocycles. The molecule has 2 unspecified atom stereocenters. The van der Waals surface area contributed by atoms with Gasteiger partial charge in [0.15, 0.2) is 9.84 Å². The standard InChI is InChI=1S/C10H17N3O2S/c1-13-7-8(6-11-13)12-9-4-3-5-10(9)16(2,14)15/h6-7,9-10,12H,3-5H2,1-2H3. The summed E-state index contributed by atoms with van der Waals surface area (Å²) in [6.07, 6.45) is 7.54. The molecule has 0 aromatic carbocycles. The zero-order valence-electron chi connectivity index (χ0n) is 9.55. The average Bonchev–Trinajstić information content (AvgIpc) is 2.74. The highest BCUT2D eigenvalue weighted by molar-refractivity contribution is 7.91. The molecule has 1 aromatic heterocycles. The number of aryl methyl sites for hydroxylation is 1. The van der Waals surface area contributed by atoms with Gasteiger partial charge in [-0.3, -0.25) is 4.68 Å². The molecule has 0 spiro atoms. The largest absolute Gasteiger partial charge is 0.378 e. The Bertz CT molecular complexity index is 466. The first-order chi connectivity index (χ1) is 7.47. The lowest BCUT2D eigenvalue weighted by Gasteiger charge is -2.19. The number of rotatable bonds is 3. The van der Waals surface area contributed by atoms with Crippen LogP contribution in [0.3, 0.4) is 0 Å². The molecule has 2 atom stereocenters. The van der Waals surface area contributed by atoms with Crippen LogP contribution in [0.25, 0.3) is 0 Å². The molecule has 1 saturated carbocycles. The molecule has 1 heterocycles. The van der Waals surface area contributed by atoms with Crippen LogP contribution < -0.4 is 5.32 Å². The summed E-state index contributed by atoms with van der Waals surface area (Å²) in [5, 5.41) is 7.05. The fraction of sp³-hybridized carbons (Fsp3) is 0.700. The monoisotopic (exact) mass is 243 g/mol. The molecule has 1 aromatic rings. The smallest absolute Gasteiger partial charge is 0.152 e. The fourth-order valence-electron chi connectivity index (χ4n) is 2.31. The van der Waals surface area contributed by atoms with Crippen molar-refractivity contribution in [1.29, 1.82) is 0 Å². The van der Waals surface area contributed by atoms with Crippen molar-refractivity contribution < 1.29 is 8.42 Å². The van der Waals surface area contributed by atoms with E-state index in [9.17, 15) is 8.42 Å². The Morgan fingerprint density at radius 2 is 2.25 bits per heavy atom. The van der Waals surface area contributed by atoms with E-state index in [0.717, 1.165) is 24.9 Å². The summed E-state index contributed by atoms with van der Waals surface area (Å²) in [4.78, 5) is 0. The van der Waals surface area contributed by atoms with Crippen LogP contribution in [0, 0.1) is 0 Å². The van der Waals surface area contributed by atoms with E-state index in [2.05, 4.69) is 10.4 Å². The van der Waals surface area contributed by atoms with Crippen LogP contribution in [0.4, 0.5) is 5.69 Å². The first kappa shape index (κ1) is 11.4. The van der Waals surface area contributed by atoms with Crippen LogP contribution in [0.2, 0.25) is 0 Å². The molecule has 0 amide bonds. The highest BCUT2D eigenvalue weighted by Gasteiger charge is 2.34. The predicted octanol–water partition coefficient (Wildman–Crippen LogP) is 0.798. The van der Waals surface area contributed by atoms with Crippen molar-refractivity contribution in [1.82, 2.24) is 9.78 Å². The minimum absolute atomic E-state index is 0.0270. The molecule has 90 valence electrons. The molecule has 0 radical (unpaired) electrons. The topological polar surface area (TPSA) is 64.0 Å². The van der Waals surface area contributed by atoms with E-state index in [-0.39, 0.29) is 11.3 Å². The minimum Gasteiger partial charge on any atom is -0.378 e. The molecule has 1 fully saturated rings. The van der Waals surface area contributed by atoms with E-state index in [4.69, 9.17) is 0 Å². The summed E-state index contributed by atoms with van der Waals surface area (Å²) in [7, 11) is -1.11. The third kappa shape index (κ3) is 2.37. The van der Waals surface area contributed by atoms with Gasteiger partial charge >= 0.3 is 0 Å². The van der Waals surface area contributed by atoms with Crippen LogP contribution in [0.1, 0.15) is 19.3 Å². The summed E-state index contributed by atoms with van der Waals surface area (Å²) in [6, 6.07) is 0.0270. The van der Waals surface area contributed by atoms with Crippen molar-refractivity contribution in [2.45, 2.75) is 30.6 Å². The molecule has 2 rings (SSSR count). The van der Waals surface area contributed by atoms with E-state index in [1.807, 2.05) is 13.2 Å². The zero-order valence-corrected chi connectivity index (χ0v) is 10.4. The summed E-state index contributed by atoms with van der Waals surface area (Å²) in [5.41, 5.74) is 0.892. The molecular formula is C10H17N3O2S.